The average molecular weight is 488 g/mol. The number of hydrogen-bond acceptors (Lipinski definition) is 4. The van der Waals surface area contributed by atoms with Crippen LogP contribution >= 0.6 is 45.3 Å². The molecular formula is C16H20Br2N6S. The first-order valence-electron chi connectivity index (χ1n) is 7.29. The third-order valence-electron chi connectivity index (χ3n) is 3.24. The number of aromatic nitrogens is 3. The number of anilines is 1. The molecule has 0 saturated heterocycles. The molecule has 0 saturated carbocycles. The first-order chi connectivity index (χ1) is 11.2. The molecule has 3 rings (SSSR count). The Morgan fingerprint density at radius 1 is 1.28 bits per heavy atom. The summed E-state index contributed by atoms with van der Waals surface area (Å²) >= 11 is 1.48. The molecule has 0 aliphatic heterocycles. The van der Waals surface area contributed by atoms with Crippen LogP contribution in [0, 0.1) is 6.92 Å². The second-order valence-corrected chi connectivity index (χ2v) is 5.91. The highest BCUT2D eigenvalue weighted by Gasteiger charge is 2.07. The minimum atomic E-state index is 0. The highest BCUT2D eigenvalue weighted by Crippen LogP contribution is 2.23. The van der Waals surface area contributed by atoms with Crippen LogP contribution in [0.3, 0.4) is 0 Å². The molecule has 0 aliphatic rings. The maximum Gasteiger partial charge on any atom is 0.194 e. The van der Waals surface area contributed by atoms with E-state index in [0.717, 1.165) is 23.6 Å². The Hall–Kier alpha value is -1.71. The van der Waals surface area contributed by atoms with Gasteiger partial charge in [0.1, 0.15) is 11.5 Å². The number of nitrogens with one attached hydrogen (secondary N) is 2. The normalized spacial score (nSPS) is 10.7. The van der Waals surface area contributed by atoms with Gasteiger partial charge >= 0.3 is 0 Å². The van der Waals surface area contributed by atoms with Crippen molar-refractivity contribution in [2.75, 3.05) is 11.9 Å². The van der Waals surface area contributed by atoms with Gasteiger partial charge in [-0.15, -0.1) is 45.3 Å². The van der Waals surface area contributed by atoms with Gasteiger partial charge in [-0.2, -0.15) is 0 Å². The Bertz CT molecular complexity index is 800. The zero-order valence-corrected chi connectivity index (χ0v) is 17.8. The van der Waals surface area contributed by atoms with E-state index in [1.807, 2.05) is 30.5 Å². The molecular weight excluding hydrogens is 468 g/mol. The molecule has 6 nitrogen and oxygen atoms in total. The van der Waals surface area contributed by atoms with E-state index in [4.69, 9.17) is 5.73 Å². The molecule has 4 N–H and O–H groups in total. The number of rotatable bonds is 5. The number of nitrogens with two attached hydrogens (primary N) is 1. The standard InChI is InChI=1S/C16H18N6S.2BrH/c1-11-19-9-13(20-11)14-10-23-16(21-14)22-15(17)18-8-7-12-5-3-2-4-6-12;;/h2-6,9-10H,7-8H2,1H3,(H,19,20)(H3,17,18,21,22);2*1H. The average Bonchev–Trinajstić information content (AvgIpc) is 3.17. The number of aliphatic imine (C=N–C) groups is 1. The highest BCUT2D eigenvalue weighted by molar-refractivity contribution is 8.93. The molecule has 0 aliphatic carbocycles. The maximum absolute atomic E-state index is 5.91. The van der Waals surface area contributed by atoms with Crippen molar-refractivity contribution >= 4 is 56.4 Å². The summed E-state index contributed by atoms with van der Waals surface area (Å²) in [6, 6.07) is 10.2. The monoisotopic (exact) mass is 486 g/mol. The second-order valence-electron chi connectivity index (χ2n) is 5.05. The fourth-order valence-electron chi connectivity index (χ4n) is 2.11. The molecule has 0 spiro atoms. The van der Waals surface area contributed by atoms with Crippen LogP contribution in [0.15, 0.2) is 46.9 Å². The number of aryl methyl sites for hydroxylation is 1. The van der Waals surface area contributed by atoms with E-state index in [2.05, 4.69) is 37.4 Å². The quantitative estimate of drug-likeness (QED) is 0.375. The number of benzene rings is 1. The molecule has 0 atom stereocenters. The van der Waals surface area contributed by atoms with Gasteiger partial charge in [0.15, 0.2) is 11.1 Å². The summed E-state index contributed by atoms with van der Waals surface area (Å²) in [6.07, 6.45) is 2.63. The Labute approximate surface area is 171 Å². The van der Waals surface area contributed by atoms with E-state index >= 15 is 0 Å². The molecule has 3 aromatic rings. The van der Waals surface area contributed by atoms with Crippen molar-refractivity contribution in [3.63, 3.8) is 0 Å². The lowest BCUT2D eigenvalue weighted by atomic mass is 10.2. The van der Waals surface area contributed by atoms with Crippen LogP contribution < -0.4 is 11.1 Å². The summed E-state index contributed by atoms with van der Waals surface area (Å²) in [7, 11) is 0. The fraction of sp³-hybridized carbons (Fsp3) is 0.188. The predicted molar refractivity (Wildman–Crippen MR) is 115 cm³/mol. The highest BCUT2D eigenvalue weighted by atomic mass is 79.9. The number of H-pyrrole nitrogens is 1. The van der Waals surface area contributed by atoms with Crippen LogP contribution in [0.4, 0.5) is 5.13 Å². The Morgan fingerprint density at radius 3 is 2.72 bits per heavy atom. The fourth-order valence-corrected chi connectivity index (χ4v) is 2.82. The lowest BCUT2D eigenvalue weighted by Gasteiger charge is -2.02. The molecule has 0 unspecified atom stereocenters. The van der Waals surface area contributed by atoms with E-state index < -0.39 is 0 Å². The van der Waals surface area contributed by atoms with Crippen LogP contribution in [-0.2, 0) is 6.42 Å². The SMILES string of the molecule is Br.Br.Cc1ncc(-c2csc(NC(N)=NCCc3ccccc3)n2)[nH]1. The van der Waals surface area contributed by atoms with Crippen molar-refractivity contribution in [2.45, 2.75) is 13.3 Å². The van der Waals surface area contributed by atoms with Gasteiger partial charge in [-0.1, -0.05) is 30.3 Å². The first kappa shape index (κ1) is 21.3. The van der Waals surface area contributed by atoms with Crippen molar-refractivity contribution in [2.24, 2.45) is 10.7 Å². The van der Waals surface area contributed by atoms with E-state index in [-0.39, 0.29) is 34.0 Å². The zero-order valence-electron chi connectivity index (χ0n) is 13.6. The third-order valence-corrected chi connectivity index (χ3v) is 4.00. The van der Waals surface area contributed by atoms with Crippen molar-refractivity contribution in [3.8, 4) is 11.4 Å². The van der Waals surface area contributed by atoms with Crippen LogP contribution in [0.5, 0.6) is 0 Å². The summed E-state index contributed by atoms with van der Waals surface area (Å²) in [4.78, 5) is 16.1. The number of guanidine groups is 1. The Kier molecular flexibility index (Phi) is 8.81. The number of halogens is 2. The number of aromatic amines is 1. The van der Waals surface area contributed by atoms with E-state index in [1.54, 1.807) is 6.20 Å². The predicted octanol–water partition coefficient (Wildman–Crippen LogP) is 3.97. The minimum absolute atomic E-state index is 0. The van der Waals surface area contributed by atoms with Gasteiger partial charge < -0.3 is 16.0 Å². The smallest absolute Gasteiger partial charge is 0.194 e. The topological polar surface area (TPSA) is 92.0 Å². The molecule has 2 aromatic heterocycles. The Balaban J connectivity index is 0.00000156. The van der Waals surface area contributed by atoms with Crippen LogP contribution in [-0.4, -0.2) is 27.5 Å². The summed E-state index contributed by atoms with van der Waals surface area (Å²) in [6.45, 7) is 2.55. The molecule has 9 heteroatoms. The van der Waals surface area contributed by atoms with Gasteiger partial charge in [-0.3, -0.25) is 4.99 Å². The summed E-state index contributed by atoms with van der Waals surface area (Å²) in [5.74, 6) is 1.24. The molecule has 1 aromatic carbocycles. The maximum atomic E-state index is 5.91. The van der Waals surface area contributed by atoms with Gasteiger partial charge in [-0.25, -0.2) is 9.97 Å². The van der Waals surface area contributed by atoms with Crippen molar-refractivity contribution in [1.29, 1.82) is 0 Å². The largest absolute Gasteiger partial charge is 0.370 e. The summed E-state index contributed by atoms with van der Waals surface area (Å²) in [5.41, 5.74) is 8.89. The van der Waals surface area contributed by atoms with Crippen LogP contribution in [0.1, 0.15) is 11.4 Å². The molecule has 0 radical (unpaired) electrons. The van der Waals surface area contributed by atoms with E-state index in [1.165, 1.54) is 16.9 Å². The molecule has 25 heavy (non-hydrogen) atoms. The second kappa shape index (κ2) is 10.3. The van der Waals surface area contributed by atoms with Crippen molar-refractivity contribution in [3.05, 3.63) is 53.3 Å². The van der Waals surface area contributed by atoms with Crippen molar-refractivity contribution in [1.82, 2.24) is 15.0 Å². The number of nitrogens with zero attached hydrogens (tertiary/aromatic N) is 3. The molecule has 0 amide bonds. The summed E-state index contributed by atoms with van der Waals surface area (Å²) < 4.78 is 0. The van der Waals surface area contributed by atoms with Gasteiger partial charge in [0.25, 0.3) is 0 Å². The van der Waals surface area contributed by atoms with Gasteiger partial charge in [-0.05, 0) is 18.9 Å². The van der Waals surface area contributed by atoms with Crippen molar-refractivity contribution < 1.29 is 0 Å². The lowest BCUT2D eigenvalue weighted by Crippen LogP contribution is -2.23. The lowest BCUT2D eigenvalue weighted by molar-refractivity contribution is 0.964. The zero-order chi connectivity index (χ0) is 16.1. The molecule has 134 valence electrons. The van der Waals surface area contributed by atoms with Gasteiger partial charge in [0.2, 0.25) is 0 Å². The third kappa shape index (κ3) is 6.26. The van der Waals surface area contributed by atoms with E-state index in [9.17, 15) is 0 Å². The number of hydrogen-bond donors (Lipinski definition) is 3. The number of imidazole rings is 1. The Morgan fingerprint density at radius 2 is 2.04 bits per heavy atom. The van der Waals surface area contributed by atoms with Crippen LogP contribution in [0.25, 0.3) is 11.4 Å². The molecule has 0 bridgehead atoms. The van der Waals surface area contributed by atoms with Gasteiger partial charge in [0, 0.05) is 11.9 Å². The minimum Gasteiger partial charge on any atom is -0.370 e. The van der Waals surface area contributed by atoms with E-state index in [0.29, 0.717) is 17.6 Å². The number of thiazole rings is 1. The summed E-state index contributed by atoms with van der Waals surface area (Å²) in [5, 5.41) is 5.69. The van der Waals surface area contributed by atoms with Gasteiger partial charge in [0.05, 0.1) is 11.9 Å². The molecule has 0 fully saturated rings. The molecule has 2 heterocycles. The van der Waals surface area contributed by atoms with Crippen LogP contribution in [0.2, 0.25) is 0 Å². The first-order valence-corrected chi connectivity index (χ1v) is 8.17.